The van der Waals surface area contributed by atoms with Gasteiger partial charge >= 0.3 is 0 Å². The van der Waals surface area contributed by atoms with Crippen molar-refractivity contribution in [1.29, 1.82) is 0 Å². The van der Waals surface area contributed by atoms with Crippen molar-refractivity contribution in [3.63, 3.8) is 0 Å². The molecule has 0 spiro atoms. The van der Waals surface area contributed by atoms with Gasteiger partial charge in [0.05, 0.1) is 0 Å². The Kier molecular flexibility index (Phi) is 4.93. The van der Waals surface area contributed by atoms with E-state index < -0.39 is 8.38 Å². The minimum absolute atomic E-state index is 0.855. The van der Waals surface area contributed by atoms with Gasteiger partial charge in [-0.25, -0.2) is 0 Å². The van der Waals surface area contributed by atoms with Gasteiger partial charge in [-0.2, -0.15) is 0 Å². The molecule has 0 amide bonds. The summed E-state index contributed by atoms with van der Waals surface area (Å²) in [5.41, 5.74) is 2.57. The quantitative estimate of drug-likeness (QED) is 0.431. The molecule has 0 N–H and O–H groups in total. The molecule has 8 heavy (non-hydrogen) atoms. The lowest BCUT2D eigenvalue weighted by atomic mass is 11.0. The first kappa shape index (κ1) is 7.87. The molecule has 0 aliphatic carbocycles. The number of hydrogen-bond donors (Lipinski definition) is 0. The molecular formula is C5H9O2P. The molecule has 0 aliphatic rings. The van der Waals surface area contributed by atoms with E-state index in [2.05, 4.69) is 12.3 Å². The molecule has 0 aromatic heterocycles. The second-order valence-corrected chi connectivity index (χ2v) is 2.54. The molecule has 0 aliphatic heterocycles. The van der Waals surface area contributed by atoms with Gasteiger partial charge in [0.15, 0.2) is 0 Å². The van der Waals surface area contributed by atoms with Gasteiger partial charge < -0.3 is 9.05 Å². The summed E-state index contributed by atoms with van der Waals surface area (Å²) in [6.07, 6.45) is 0. The van der Waals surface area contributed by atoms with Crippen LogP contribution < -0.4 is 0 Å². The van der Waals surface area contributed by atoms with Crippen LogP contribution in [0.1, 0.15) is 0 Å². The maximum Gasteiger partial charge on any atom is 0.205 e. The molecule has 0 saturated carbocycles. The van der Waals surface area contributed by atoms with E-state index in [9.17, 15) is 0 Å². The molecule has 2 nitrogen and oxygen atoms in total. The van der Waals surface area contributed by atoms with E-state index in [0.717, 1.165) is 0 Å². The molecule has 0 aromatic carbocycles. The second kappa shape index (κ2) is 5.02. The van der Waals surface area contributed by atoms with Gasteiger partial charge in [-0.15, -0.1) is 5.73 Å². The van der Waals surface area contributed by atoms with Crippen LogP contribution in [0.2, 0.25) is 0 Å². The van der Waals surface area contributed by atoms with Gasteiger partial charge in [-0.3, -0.25) is 0 Å². The maximum absolute atomic E-state index is 4.82. The van der Waals surface area contributed by atoms with E-state index in [-0.39, 0.29) is 0 Å². The third kappa shape index (κ3) is 2.95. The van der Waals surface area contributed by atoms with Gasteiger partial charge in [0.2, 0.25) is 8.38 Å². The summed E-state index contributed by atoms with van der Waals surface area (Å²) >= 11 is 0. The first-order valence-corrected chi connectivity index (χ1v) is 3.33. The molecule has 0 unspecified atom stereocenters. The van der Waals surface area contributed by atoms with Crippen molar-refractivity contribution < 1.29 is 9.05 Å². The second-order valence-electron chi connectivity index (χ2n) is 0.984. The summed E-state index contributed by atoms with van der Waals surface area (Å²) in [6, 6.07) is 0. The van der Waals surface area contributed by atoms with Crippen molar-refractivity contribution in [3.05, 3.63) is 18.1 Å². The summed E-state index contributed by atoms with van der Waals surface area (Å²) in [5.74, 6) is 1.66. The maximum atomic E-state index is 4.82. The minimum Gasteiger partial charge on any atom is -0.334 e. The van der Waals surface area contributed by atoms with Crippen molar-refractivity contribution in [2.24, 2.45) is 0 Å². The van der Waals surface area contributed by atoms with E-state index >= 15 is 0 Å². The standard InChI is InChI=1S/C5H9O2P/c1-4-5-8(6-2)7-3/h5H,1H2,2-3H3. The highest BCUT2D eigenvalue weighted by Gasteiger charge is 1.95. The predicted octanol–water partition coefficient (Wildman–Crippen LogP) is 1.89. The van der Waals surface area contributed by atoms with E-state index in [1.807, 2.05) is 0 Å². The number of hydrogen-bond acceptors (Lipinski definition) is 2. The zero-order chi connectivity index (χ0) is 6.41. The predicted molar refractivity (Wildman–Crippen MR) is 34.6 cm³/mol. The molecular weight excluding hydrogens is 123 g/mol. The lowest BCUT2D eigenvalue weighted by Gasteiger charge is -2.02. The minimum atomic E-state index is -0.855. The van der Waals surface area contributed by atoms with Crippen LogP contribution >= 0.6 is 8.38 Å². The summed E-state index contributed by atoms with van der Waals surface area (Å²) in [4.78, 5) is 0. The van der Waals surface area contributed by atoms with Crippen LogP contribution in [0.3, 0.4) is 0 Å². The van der Waals surface area contributed by atoms with E-state index in [4.69, 9.17) is 9.05 Å². The van der Waals surface area contributed by atoms with Crippen LogP contribution in [-0.2, 0) is 9.05 Å². The molecule has 0 radical (unpaired) electrons. The van der Waals surface area contributed by atoms with Gasteiger partial charge in [0.1, 0.15) is 0 Å². The molecule has 0 heterocycles. The van der Waals surface area contributed by atoms with Crippen molar-refractivity contribution in [2.75, 3.05) is 14.2 Å². The highest BCUT2D eigenvalue weighted by molar-refractivity contribution is 7.50. The van der Waals surface area contributed by atoms with Gasteiger partial charge in [-0.1, -0.05) is 6.58 Å². The third-order valence-corrected chi connectivity index (χ3v) is 1.67. The van der Waals surface area contributed by atoms with Crippen LogP contribution in [0.4, 0.5) is 0 Å². The Hall–Kier alpha value is -0.130. The molecule has 46 valence electrons. The smallest absolute Gasteiger partial charge is 0.205 e. The lowest BCUT2D eigenvalue weighted by Crippen LogP contribution is -1.74. The number of rotatable bonds is 3. The zero-order valence-electron chi connectivity index (χ0n) is 5.05. The largest absolute Gasteiger partial charge is 0.334 e. The van der Waals surface area contributed by atoms with E-state index in [1.165, 1.54) is 0 Å². The Morgan fingerprint density at radius 2 is 2.00 bits per heavy atom. The molecule has 0 aromatic rings. The molecule has 3 heteroatoms. The van der Waals surface area contributed by atoms with E-state index in [0.29, 0.717) is 0 Å². The van der Waals surface area contributed by atoms with Crippen LogP contribution in [0.25, 0.3) is 0 Å². The first-order valence-electron chi connectivity index (χ1n) is 2.08. The topological polar surface area (TPSA) is 18.5 Å². The van der Waals surface area contributed by atoms with Crippen molar-refractivity contribution in [3.8, 4) is 0 Å². The Bertz CT molecular complexity index is 92.6. The van der Waals surface area contributed by atoms with Crippen LogP contribution in [0, 0.1) is 0 Å². The van der Waals surface area contributed by atoms with Crippen molar-refractivity contribution >= 4 is 8.38 Å². The summed E-state index contributed by atoms with van der Waals surface area (Å²) < 4.78 is 9.65. The zero-order valence-corrected chi connectivity index (χ0v) is 5.94. The van der Waals surface area contributed by atoms with Crippen LogP contribution in [-0.4, -0.2) is 14.2 Å². The highest BCUT2D eigenvalue weighted by Crippen LogP contribution is 2.36. The average molecular weight is 132 g/mol. The average Bonchev–Trinajstić information content (AvgIpc) is 1.83. The normalized spacial score (nSPS) is 8.88. The SMILES string of the molecule is C=C=CP(OC)OC. The molecule has 0 saturated heterocycles. The molecule has 0 rings (SSSR count). The monoisotopic (exact) mass is 132 g/mol. The van der Waals surface area contributed by atoms with Crippen LogP contribution in [0.15, 0.2) is 18.1 Å². The summed E-state index contributed by atoms with van der Waals surface area (Å²) in [5, 5.41) is 0. The van der Waals surface area contributed by atoms with Gasteiger partial charge in [0.25, 0.3) is 0 Å². The lowest BCUT2D eigenvalue weighted by molar-refractivity contribution is 0.349. The fourth-order valence-corrected chi connectivity index (χ4v) is 0.763. The van der Waals surface area contributed by atoms with Gasteiger partial charge in [0, 0.05) is 20.0 Å². The van der Waals surface area contributed by atoms with Crippen LogP contribution in [0.5, 0.6) is 0 Å². The highest BCUT2D eigenvalue weighted by atomic mass is 31.2. The first-order chi connectivity index (χ1) is 3.85. The fourth-order valence-electron chi connectivity index (χ4n) is 0.254. The molecule has 0 fully saturated rings. The summed E-state index contributed by atoms with van der Waals surface area (Å²) in [7, 11) is 2.32. The Labute approximate surface area is 50.7 Å². The Balaban J connectivity index is 3.52. The van der Waals surface area contributed by atoms with Crippen molar-refractivity contribution in [1.82, 2.24) is 0 Å². The fraction of sp³-hybridized carbons (Fsp3) is 0.400. The van der Waals surface area contributed by atoms with E-state index in [1.54, 1.807) is 20.0 Å². The Morgan fingerprint density at radius 1 is 1.50 bits per heavy atom. The molecule has 0 atom stereocenters. The summed E-state index contributed by atoms with van der Waals surface area (Å²) in [6.45, 7) is 3.37. The van der Waals surface area contributed by atoms with Gasteiger partial charge in [-0.05, 0) is 0 Å². The Morgan fingerprint density at radius 3 is 2.12 bits per heavy atom. The van der Waals surface area contributed by atoms with Crippen molar-refractivity contribution in [2.45, 2.75) is 0 Å². The molecule has 0 bridgehead atoms. The third-order valence-electron chi connectivity index (χ3n) is 0.557.